The highest BCUT2D eigenvalue weighted by atomic mass is 35.5. The Kier molecular flexibility index (Phi) is 1.70. The molecule has 0 unspecified atom stereocenters. The first kappa shape index (κ1) is 5.85. The van der Waals surface area contributed by atoms with Crippen LogP contribution in [0.25, 0.3) is 0 Å². The molecule has 0 radical (unpaired) electrons. The molecule has 1 rings (SSSR count). The maximum absolute atomic E-state index is 10.5. The Morgan fingerprint density at radius 1 is 1.88 bits per heavy atom. The van der Waals surface area contributed by atoms with Crippen molar-refractivity contribution < 1.29 is 9.53 Å². The first-order valence-corrected chi connectivity index (χ1v) is 2.79. The van der Waals surface area contributed by atoms with Crippen molar-refractivity contribution in [3.05, 3.63) is 0 Å². The van der Waals surface area contributed by atoms with E-state index in [1.54, 1.807) is 0 Å². The number of amides is 1. The van der Waals surface area contributed by atoms with Crippen LogP contribution in [0.5, 0.6) is 0 Å². The Bertz CT molecular complexity index is 106. The molecule has 1 aliphatic heterocycles. The molecule has 1 heterocycles. The fourth-order valence-electron chi connectivity index (χ4n) is 0.508. The summed E-state index contributed by atoms with van der Waals surface area (Å²) in [6.45, 7) is 0.537. The number of ether oxygens (including phenoxy) is 1. The number of carbonyl (C=O) groups is 1. The third-order valence-electron chi connectivity index (χ3n) is 0.970. The van der Waals surface area contributed by atoms with Crippen LogP contribution in [0.3, 0.4) is 0 Å². The van der Waals surface area contributed by atoms with Crippen molar-refractivity contribution in [2.45, 2.75) is 0 Å². The first-order valence-electron chi connectivity index (χ1n) is 2.26. The second kappa shape index (κ2) is 2.33. The van der Waals surface area contributed by atoms with Gasteiger partial charge in [0, 0.05) is 0 Å². The minimum atomic E-state index is -0.0278. The van der Waals surface area contributed by atoms with Crippen molar-refractivity contribution >= 4 is 17.5 Å². The SMILES string of the molecule is O=C1COCN1CCl. The van der Waals surface area contributed by atoms with Gasteiger partial charge in [0.2, 0.25) is 0 Å². The molecule has 1 saturated heterocycles. The van der Waals surface area contributed by atoms with Gasteiger partial charge in [0.15, 0.2) is 0 Å². The highest BCUT2D eigenvalue weighted by Gasteiger charge is 2.18. The highest BCUT2D eigenvalue weighted by Crippen LogP contribution is 2.00. The molecule has 0 aromatic heterocycles. The fraction of sp³-hybridized carbons (Fsp3) is 0.750. The Labute approximate surface area is 52.2 Å². The molecule has 46 valence electrons. The van der Waals surface area contributed by atoms with Gasteiger partial charge >= 0.3 is 0 Å². The molecule has 1 amide bonds. The lowest BCUT2D eigenvalue weighted by Gasteiger charge is -2.05. The van der Waals surface area contributed by atoms with Gasteiger partial charge in [-0.2, -0.15) is 0 Å². The predicted octanol–water partition coefficient (Wildman–Crippen LogP) is -0.00100. The van der Waals surface area contributed by atoms with Crippen molar-refractivity contribution in [2.75, 3.05) is 19.3 Å². The summed E-state index contributed by atoms with van der Waals surface area (Å²) < 4.78 is 4.75. The number of carbonyl (C=O) groups excluding carboxylic acids is 1. The zero-order chi connectivity index (χ0) is 5.98. The lowest BCUT2D eigenvalue weighted by Crippen LogP contribution is -2.23. The molecule has 0 bridgehead atoms. The summed E-state index contributed by atoms with van der Waals surface area (Å²) in [4.78, 5) is 12.0. The van der Waals surface area contributed by atoms with E-state index in [1.807, 2.05) is 0 Å². The summed E-state index contributed by atoms with van der Waals surface area (Å²) in [6.07, 6.45) is 0. The second-order valence-electron chi connectivity index (χ2n) is 1.53. The van der Waals surface area contributed by atoms with Crippen LogP contribution in [0.15, 0.2) is 0 Å². The molecule has 0 aliphatic carbocycles. The van der Waals surface area contributed by atoms with E-state index < -0.39 is 0 Å². The van der Waals surface area contributed by atoms with E-state index >= 15 is 0 Å². The summed E-state index contributed by atoms with van der Waals surface area (Å²) in [5.74, 6) is -0.0278. The lowest BCUT2D eigenvalue weighted by molar-refractivity contribution is -0.126. The van der Waals surface area contributed by atoms with Crippen LogP contribution in [0.2, 0.25) is 0 Å². The third-order valence-corrected chi connectivity index (χ3v) is 1.26. The van der Waals surface area contributed by atoms with Crippen LogP contribution in [-0.2, 0) is 9.53 Å². The minimum absolute atomic E-state index is 0.0278. The smallest absolute Gasteiger partial charge is 0.251 e. The standard InChI is InChI=1S/C4H6ClNO2/c5-2-6-3-8-1-4(6)7/h1-3H2. The highest BCUT2D eigenvalue weighted by molar-refractivity contribution is 6.18. The Morgan fingerprint density at radius 2 is 2.62 bits per heavy atom. The van der Waals surface area contributed by atoms with Gasteiger partial charge in [-0.25, -0.2) is 0 Å². The van der Waals surface area contributed by atoms with Gasteiger partial charge in [-0.05, 0) is 0 Å². The molecule has 0 atom stereocenters. The van der Waals surface area contributed by atoms with Crippen molar-refractivity contribution in [3.8, 4) is 0 Å². The number of alkyl halides is 1. The van der Waals surface area contributed by atoms with Crippen molar-refractivity contribution in [3.63, 3.8) is 0 Å². The first-order chi connectivity index (χ1) is 3.84. The van der Waals surface area contributed by atoms with Crippen LogP contribution in [0.1, 0.15) is 0 Å². The molecule has 8 heavy (non-hydrogen) atoms. The number of hydrogen-bond acceptors (Lipinski definition) is 2. The Hall–Kier alpha value is -0.280. The molecule has 0 aromatic carbocycles. The molecule has 4 heteroatoms. The average Bonchev–Trinajstić information content (AvgIpc) is 2.14. The van der Waals surface area contributed by atoms with E-state index in [-0.39, 0.29) is 18.5 Å². The fourth-order valence-corrected chi connectivity index (χ4v) is 0.710. The molecular weight excluding hydrogens is 130 g/mol. The molecule has 1 fully saturated rings. The third kappa shape index (κ3) is 0.928. The van der Waals surface area contributed by atoms with Crippen LogP contribution >= 0.6 is 11.6 Å². The number of halogens is 1. The van der Waals surface area contributed by atoms with Gasteiger partial charge in [-0.1, -0.05) is 0 Å². The summed E-state index contributed by atoms with van der Waals surface area (Å²) in [5.41, 5.74) is 0. The zero-order valence-corrected chi connectivity index (χ0v) is 5.02. The monoisotopic (exact) mass is 135 g/mol. The van der Waals surface area contributed by atoms with Crippen LogP contribution in [0.4, 0.5) is 0 Å². The molecule has 0 spiro atoms. The number of hydrogen-bond donors (Lipinski definition) is 0. The Morgan fingerprint density at radius 3 is 2.88 bits per heavy atom. The van der Waals surface area contributed by atoms with E-state index in [2.05, 4.69) is 0 Å². The predicted molar refractivity (Wildman–Crippen MR) is 28.4 cm³/mol. The molecule has 1 aliphatic rings. The van der Waals surface area contributed by atoms with E-state index in [4.69, 9.17) is 16.3 Å². The topological polar surface area (TPSA) is 29.5 Å². The minimum Gasteiger partial charge on any atom is -0.351 e. The molecular formula is C4H6ClNO2. The maximum Gasteiger partial charge on any atom is 0.251 e. The second-order valence-corrected chi connectivity index (χ2v) is 1.77. The summed E-state index contributed by atoms with van der Waals surface area (Å²) in [5, 5.41) is 0. The summed E-state index contributed by atoms with van der Waals surface area (Å²) in [6, 6.07) is 0.235. The van der Waals surface area contributed by atoms with Crippen LogP contribution in [-0.4, -0.2) is 30.1 Å². The maximum atomic E-state index is 10.5. The summed E-state index contributed by atoms with van der Waals surface area (Å²) in [7, 11) is 0. The Balaban J connectivity index is 2.42. The van der Waals surface area contributed by atoms with Gasteiger partial charge in [0.1, 0.15) is 13.3 Å². The van der Waals surface area contributed by atoms with Gasteiger partial charge in [-0.3, -0.25) is 4.79 Å². The van der Waals surface area contributed by atoms with Gasteiger partial charge in [0.05, 0.1) is 6.00 Å². The zero-order valence-electron chi connectivity index (χ0n) is 4.26. The number of nitrogens with zero attached hydrogens (tertiary/aromatic N) is 1. The van der Waals surface area contributed by atoms with Crippen molar-refractivity contribution in [1.29, 1.82) is 0 Å². The van der Waals surface area contributed by atoms with Gasteiger partial charge < -0.3 is 9.64 Å². The van der Waals surface area contributed by atoms with E-state index in [9.17, 15) is 4.79 Å². The largest absolute Gasteiger partial charge is 0.351 e. The van der Waals surface area contributed by atoms with E-state index in [0.29, 0.717) is 6.73 Å². The lowest BCUT2D eigenvalue weighted by atomic mass is 10.6. The molecule has 0 aromatic rings. The van der Waals surface area contributed by atoms with Gasteiger partial charge in [-0.15, -0.1) is 11.6 Å². The molecule has 3 nitrogen and oxygen atoms in total. The molecule has 0 N–H and O–H groups in total. The van der Waals surface area contributed by atoms with Gasteiger partial charge in [0.25, 0.3) is 5.91 Å². The quantitative estimate of drug-likeness (QED) is 0.374. The van der Waals surface area contributed by atoms with E-state index in [0.717, 1.165) is 0 Å². The average molecular weight is 136 g/mol. The van der Waals surface area contributed by atoms with Crippen molar-refractivity contribution in [2.24, 2.45) is 0 Å². The van der Waals surface area contributed by atoms with Crippen molar-refractivity contribution in [1.82, 2.24) is 4.90 Å². The molecule has 0 saturated carbocycles. The normalized spacial score (nSPS) is 20.1. The van der Waals surface area contributed by atoms with E-state index in [1.165, 1.54) is 4.90 Å². The van der Waals surface area contributed by atoms with Crippen LogP contribution in [0, 0.1) is 0 Å². The summed E-state index contributed by atoms with van der Waals surface area (Å²) >= 11 is 5.33. The van der Waals surface area contributed by atoms with Crippen LogP contribution < -0.4 is 0 Å². The number of rotatable bonds is 1.